The molecule has 0 saturated carbocycles. The van der Waals surface area contributed by atoms with Crippen molar-refractivity contribution in [2.75, 3.05) is 0 Å². The van der Waals surface area contributed by atoms with Crippen molar-refractivity contribution in [2.45, 2.75) is 25.4 Å². The number of carbonyl (C=O) groups is 1. The van der Waals surface area contributed by atoms with E-state index >= 15 is 0 Å². The first-order chi connectivity index (χ1) is 7.15. The van der Waals surface area contributed by atoms with Crippen LogP contribution >= 0.6 is 15.9 Å². The molecule has 4 heteroatoms. The van der Waals surface area contributed by atoms with E-state index in [1.807, 2.05) is 6.07 Å². The van der Waals surface area contributed by atoms with Crippen LogP contribution in [0.25, 0.3) is 0 Å². The van der Waals surface area contributed by atoms with Crippen LogP contribution in [0.2, 0.25) is 0 Å². The minimum Gasteiger partial charge on any atom is -0.446 e. The predicted molar refractivity (Wildman–Crippen MR) is 60.6 cm³/mol. The van der Waals surface area contributed by atoms with Crippen LogP contribution < -0.4 is 5.73 Å². The molecule has 2 N–H and O–H groups in total. The number of fused-ring (bicyclic) bond motifs is 1. The third-order valence-corrected chi connectivity index (χ3v) is 3.13. The lowest BCUT2D eigenvalue weighted by atomic mass is 9.90. The Morgan fingerprint density at radius 3 is 3.00 bits per heavy atom. The van der Waals surface area contributed by atoms with Crippen molar-refractivity contribution in [3.05, 3.63) is 33.8 Å². The monoisotopic (exact) mass is 269 g/mol. The van der Waals surface area contributed by atoms with Crippen molar-refractivity contribution < 1.29 is 9.53 Å². The van der Waals surface area contributed by atoms with E-state index < -0.39 is 6.09 Å². The smallest absolute Gasteiger partial charge is 0.404 e. The van der Waals surface area contributed by atoms with Crippen LogP contribution in [-0.2, 0) is 17.6 Å². The number of rotatable bonds is 1. The highest BCUT2D eigenvalue weighted by atomic mass is 79.9. The molecule has 0 unspecified atom stereocenters. The van der Waals surface area contributed by atoms with Crippen molar-refractivity contribution in [3.8, 4) is 0 Å². The molecule has 1 aliphatic rings. The number of ether oxygens (including phenoxy) is 1. The molecular formula is C11H12BrNO2. The van der Waals surface area contributed by atoms with E-state index in [9.17, 15) is 4.79 Å². The summed E-state index contributed by atoms with van der Waals surface area (Å²) in [4.78, 5) is 10.6. The number of halogens is 1. The molecule has 0 heterocycles. The summed E-state index contributed by atoms with van der Waals surface area (Å²) in [6.07, 6.45) is 1.82. The number of nitrogens with two attached hydrogens (primary N) is 1. The van der Waals surface area contributed by atoms with Gasteiger partial charge < -0.3 is 10.5 Å². The summed E-state index contributed by atoms with van der Waals surface area (Å²) in [7, 11) is 0. The number of hydrogen-bond donors (Lipinski definition) is 1. The number of carbonyl (C=O) groups excluding carboxylic acids is 1. The van der Waals surface area contributed by atoms with Crippen LogP contribution in [-0.4, -0.2) is 12.2 Å². The summed E-state index contributed by atoms with van der Waals surface area (Å²) < 4.78 is 6.10. The fourth-order valence-corrected chi connectivity index (χ4v) is 2.36. The Morgan fingerprint density at radius 1 is 1.47 bits per heavy atom. The van der Waals surface area contributed by atoms with Gasteiger partial charge in [0.25, 0.3) is 0 Å². The largest absolute Gasteiger partial charge is 0.446 e. The molecule has 1 amide bonds. The van der Waals surface area contributed by atoms with E-state index in [1.54, 1.807) is 0 Å². The maximum Gasteiger partial charge on any atom is 0.404 e. The summed E-state index contributed by atoms with van der Waals surface area (Å²) in [6.45, 7) is 0. The zero-order valence-corrected chi connectivity index (χ0v) is 9.79. The lowest BCUT2D eigenvalue weighted by Crippen LogP contribution is -2.28. The molecule has 0 fully saturated rings. The Hall–Kier alpha value is -1.03. The highest BCUT2D eigenvalue weighted by Gasteiger charge is 2.20. The van der Waals surface area contributed by atoms with Crippen molar-refractivity contribution >= 4 is 22.0 Å². The summed E-state index contributed by atoms with van der Waals surface area (Å²) >= 11 is 3.44. The second kappa shape index (κ2) is 4.23. The molecule has 2 rings (SSSR count). The van der Waals surface area contributed by atoms with Crippen LogP contribution in [0.3, 0.4) is 0 Å². The third-order valence-electron chi connectivity index (χ3n) is 2.63. The highest BCUT2D eigenvalue weighted by molar-refractivity contribution is 9.10. The van der Waals surface area contributed by atoms with Crippen molar-refractivity contribution in [1.82, 2.24) is 0 Å². The second-order valence-corrected chi connectivity index (χ2v) is 4.63. The molecule has 0 spiro atoms. The van der Waals surface area contributed by atoms with Crippen LogP contribution in [0.5, 0.6) is 0 Å². The molecular weight excluding hydrogens is 258 g/mol. The number of hydrogen-bond acceptors (Lipinski definition) is 2. The van der Waals surface area contributed by atoms with E-state index in [2.05, 4.69) is 28.1 Å². The summed E-state index contributed by atoms with van der Waals surface area (Å²) in [5, 5.41) is 0. The molecule has 80 valence electrons. The zero-order valence-electron chi connectivity index (χ0n) is 8.20. The minimum absolute atomic E-state index is 0.0591. The van der Waals surface area contributed by atoms with E-state index in [0.29, 0.717) is 0 Å². The Kier molecular flexibility index (Phi) is 2.95. The predicted octanol–water partition coefficient (Wildman–Crippen LogP) is 2.40. The molecule has 0 aromatic heterocycles. The quantitative estimate of drug-likeness (QED) is 0.851. The topological polar surface area (TPSA) is 52.3 Å². The summed E-state index contributed by atoms with van der Waals surface area (Å²) in [6, 6.07) is 6.19. The summed E-state index contributed by atoms with van der Waals surface area (Å²) in [5.74, 6) is 0. The van der Waals surface area contributed by atoms with Gasteiger partial charge >= 0.3 is 6.09 Å². The molecule has 0 aliphatic heterocycles. The number of aryl methyl sites for hydroxylation is 1. The van der Waals surface area contributed by atoms with Gasteiger partial charge in [-0.15, -0.1) is 0 Å². The Bertz CT molecular complexity index is 392. The normalized spacial score (nSPS) is 19.4. The van der Waals surface area contributed by atoms with E-state index in [1.165, 1.54) is 11.1 Å². The Balaban J connectivity index is 2.13. The zero-order chi connectivity index (χ0) is 10.8. The van der Waals surface area contributed by atoms with Crippen molar-refractivity contribution in [1.29, 1.82) is 0 Å². The number of primary amides is 1. The van der Waals surface area contributed by atoms with Crippen molar-refractivity contribution in [2.24, 2.45) is 5.73 Å². The fourth-order valence-electron chi connectivity index (χ4n) is 1.96. The Morgan fingerprint density at radius 2 is 2.27 bits per heavy atom. The van der Waals surface area contributed by atoms with Gasteiger partial charge in [-0.05, 0) is 36.1 Å². The van der Waals surface area contributed by atoms with Gasteiger partial charge in [-0.3, -0.25) is 0 Å². The first-order valence-corrected chi connectivity index (χ1v) is 5.68. The first kappa shape index (κ1) is 10.5. The first-order valence-electron chi connectivity index (χ1n) is 4.88. The fraction of sp³-hybridized carbons (Fsp3) is 0.364. The molecule has 1 atom stereocenters. The standard InChI is InChI=1S/C11H12BrNO2/c12-9-3-1-8-6-10(15-11(13)14)4-2-7(8)5-9/h1,3,5,10H,2,4,6H2,(H2,13,14)/t10-/m0/s1. The highest BCUT2D eigenvalue weighted by Crippen LogP contribution is 2.25. The van der Waals surface area contributed by atoms with Gasteiger partial charge in [-0.25, -0.2) is 4.79 Å². The van der Waals surface area contributed by atoms with Crippen LogP contribution in [0.15, 0.2) is 22.7 Å². The van der Waals surface area contributed by atoms with E-state index in [4.69, 9.17) is 10.5 Å². The Labute approximate surface area is 96.7 Å². The van der Waals surface area contributed by atoms with Crippen LogP contribution in [0, 0.1) is 0 Å². The molecule has 1 aliphatic carbocycles. The van der Waals surface area contributed by atoms with Crippen LogP contribution in [0.4, 0.5) is 4.79 Å². The molecule has 0 saturated heterocycles. The van der Waals surface area contributed by atoms with Gasteiger partial charge in [-0.2, -0.15) is 0 Å². The van der Waals surface area contributed by atoms with Gasteiger partial charge in [0.05, 0.1) is 0 Å². The molecule has 1 aromatic rings. The average Bonchev–Trinajstić information content (AvgIpc) is 2.17. The second-order valence-electron chi connectivity index (χ2n) is 3.71. The molecule has 3 nitrogen and oxygen atoms in total. The lowest BCUT2D eigenvalue weighted by Gasteiger charge is -2.23. The summed E-state index contributed by atoms with van der Waals surface area (Å²) in [5.41, 5.74) is 7.57. The SMILES string of the molecule is NC(=O)O[C@H]1CCc2cc(Br)ccc2C1. The average molecular weight is 270 g/mol. The van der Waals surface area contributed by atoms with Gasteiger partial charge in [0.2, 0.25) is 0 Å². The van der Waals surface area contributed by atoms with Crippen molar-refractivity contribution in [3.63, 3.8) is 0 Å². The van der Waals surface area contributed by atoms with Gasteiger partial charge in [0.1, 0.15) is 6.10 Å². The third kappa shape index (κ3) is 2.50. The van der Waals surface area contributed by atoms with E-state index in [-0.39, 0.29) is 6.10 Å². The van der Waals surface area contributed by atoms with Gasteiger partial charge in [0.15, 0.2) is 0 Å². The maximum absolute atomic E-state index is 10.6. The minimum atomic E-state index is -0.680. The molecule has 0 radical (unpaired) electrons. The number of benzene rings is 1. The maximum atomic E-state index is 10.6. The molecule has 15 heavy (non-hydrogen) atoms. The molecule has 1 aromatic carbocycles. The van der Waals surface area contributed by atoms with Gasteiger partial charge in [-0.1, -0.05) is 22.0 Å². The lowest BCUT2D eigenvalue weighted by molar-refractivity contribution is 0.0979. The van der Waals surface area contributed by atoms with Crippen LogP contribution in [0.1, 0.15) is 17.5 Å². The molecule has 0 bridgehead atoms. The van der Waals surface area contributed by atoms with Gasteiger partial charge in [0, 0.05) is 10.9 Å². The van der Waals surface area contributed by atoms with E-state index in [0.717, 1.165) is 23.7 Å². The number of amides is 1.